The van der Waals surface area contributed by atoms with Gasteiger partial charge in [-0.05, 0) is 74.0 Å². The lowest BCUT2D eigenvalue weighted by atomic mass is 9.83. The molecule has 1 fully saturated rings. The Bertz CT molecular complexity index is 1420. The van der Waals surface area contributed by atoms with Crippen molar-refractivity contribution >= 4 is 35.1 Å². The van der Waals surface area contributed by atoms with E-state index in [9.17, 15) is 4.79 Å². The van der Waals surface area contributed by atoms with Gasteiger partial charge >= 0.3 is 0 Å². The van der Waals surface area contributed by atoms with Crippen LogP contribution in [0.2, 0.25) is 0 Å². The largest absolute Gasteiger partial charge is 0.495 e. The van der Waals surface area contributed by atoms with Gasteiger partial charge in [0, 0.05) is 44.2 Å². The topological polar surface area (TPSA) is 101 Å². The highest BCUT2D eigenvalue weighted by Gasteiger charge is 2.39. The van der Waals surface area contributed by atoms with Gasteiger partial charge in [-0.3, -0.25) is 4.79 Å². The minimum absolute atomic E-state index is 0.00660. The lowest BCUT2D eigenvalue weighted by Crippen LogP contribution is -2.36. The summed E-state index contributed by atoms with van der Waals surface area (Å²) in [5.41, 5.74) is 5.16. The van der Waals surface area contributed by atoms with Gasteiger partial charge in [0.1, 0.15) is 11.6 Å². The van der Waals surface area contributed by atoms with E-state index in [1.807, 2.05) is 38.1 Å². The summed E-state index contributed by atoms with van der Waals surface area (Å²) in [7, 11) is 3.44. The van der Waals surface area contributed by atoms with E-state index in [1.54, 1.807) is 26.5 Å². The Labute approximate surface area is 242 Å². The summed E-state index contributed by atoms with van der Waals surface area (Å²) in [6, 6.07) is 12.3. The molecule has 3 N–H and O–H groups in total. The van der Waals surface area contributed by atoms with Crippen molar-refractivity contribution in [1.29, 1.82) is 0 Å². The summed E-state index contributed by atoms with van der Waals surface area (Å²) < 4.78 is 11.1. The number of nitrogens with zero attached hydrogens (tertiary/aromatic N) is 3. The summed E-state index contributed by atoms with van der Waals surface area (Å²) in [4.78, 5) is 24.3. The molecule has 2 aromatic carbocycles. The molecule has 41 heavy (non-hydrogen) atoms. The molecule has 1 unspecified atom stereocenters. The van der Waals surface area contributed by atoms with Gasteiger partial charge in [-0.2, -0.15) is 4.98 Å². The zero-order valence-corrected chi connectivity index (χ0v) is 24.4. The van der Waals surface area contributed by atoms with Gasteiger partial charge < -0.3 is 30.3 Å². The number of hydrogen-bond donors (Lipinski definition) is 3. The molecule has 0 spiro atoms. The monoisotopic (exact) mass is 556 g/mol. The Morgan fingerprint density at radius 1 is 1.24 bits per heavy atom. The molecule has 1 amide bonds. The number of rotatable bonds is 11. The number of piperidine rings is 1. The zero-order chi connectivity index (χ0) is 29.0. The first-order chi connectivity index (χ1) is 19.8. The van der Waals surface area contributed by atoms with Crippen molar-refractivity contribution in [2.45, 2.75) is 44.6 Å². The van der Waals surface area contributed by atoms with E-state index in [4.69, 9.17) is 14.5 Å². The van der Waals surface area contributed by atoms with Crippen LogP contribution >= 0.6 is 0 Å². The van der Waals surface area contributed by atoms with Crippen LogP contribution in [0.15, 0.2) is 49.2 Å². The number of fused-ring (bicyclic) bond motifs is 1. The second-order valence-corrected chi connectivity index (χ2v) is 11.2. The average molecular weight is 557 g/mol. The molecule has 3 heterocycles. The summed E-state index contributed by atoms with van der Waals surface area (Å²) in [6.07, 6.45) is 5.80. The molecule has 9 heteroatoms. The summed E-state index contributed by atoms with van der Waals surface area (Å²) in [5.74, 6) is 2.31. The number of carbonyl (C=O) groups is 1. The van der Waals surface area contributed by atoms with Crippen molar-refractivity contribution in [3.05, 3.63) is 71.4 Å². The number of amides is 1. The van der Waals surface area contributed by atoms with Gasteiger partial charge in [-0.15, -0.1) is 0 Å². The van der Waals surface area contributed by atoms with Crippen molar-refractivity contribution < 1.29 is 14.3 Å². The van der Waals surface area contributed by atoms with Crippen LogP contribution < -0.4 is 20.7 Å². The highest BCUT2D eigenvalue weighted by molar-refractivity contribution is 6.06. The van der Waals surface area contributed by atoms with Crippen LogP contribution in [0.1, 0.15) is 54.9 Å². The fourth-order valence-electron chi connectivity index (χ4n) is 5.84. The Kier molecular flexibility index (Phi) is 8.56. The molecule has 5 rings (SSSR count). The molecular formula is C32H40N6O3. The van der Waals surface area contributed by atoms with E-state index in [-0.39, 0.29) is 5.91 Å². The molecule has 1 saturated heterocycles. The summed E-state index contributed by atoms with van der Waals surface area (Å²) in [5, 5.41) is 9.77. The van der Waals surface area contributed by atoms with Gasteiger partial charge in [0.25, 0.3) is 0 Å². The zero-order valence-electron chi connectivity index (χ0n) is 24.4. The molecule has 0 bridgehead atoms. The van der Waals surface area contributed by atoms with Crippen LogP contribution in [0.5, 0.6) is 5.75 Å². The van der Waals surface area contributed by atoms with Gasteiger partial charge in [0.2, 0.25) is 11.9 Å². The standard InChI is InChI=1S/C32H40N6O3/c1-6-21-18-34-31(37-29(21)33-19-23-9-7-11-26-28(23)32(2,3)30(39)35-26)36-25-13-12-22(17-27(25)41-5)24-10-8-14-38(20-24)15-16-40-4/h6-7,9,11-13,17-18,24H,1,8,10,14-16,19-20H2,2-5H3,(H,35,39)(H2,33,34,36,37). The van der Waals surface area contributed by atoms with Crippen molar-refractivity contribution in [3.8, 4) is 5.75 Å². The fourth-order valence-corrected chi connectivity index (χ4v) is 5.84. The van der Waals surface area contributed by atoms with E-state index in [0.29, 0.717) is 24.2 Å². The molecule has 3 aromatic rings. The normalized spacial score (nSPS) is 18.0. The third kappa shape index (κ3) is 6.06. The number of hydrogen-bond acceptors (Lipinski definition) is 8. The minimum atomic E-state index is -0.601. The van der Waals surface area contributed by atoms with Crippen LogP contribution in [0, 0.1) is 0 Å². The van der Waals surface area contributed by atoms with E-state index in [1.165, 1.54) is 12.0 Å². The molecule has 0 saturated carbocycles. The maximum atomic E-state index is 12.5. The molecule has 1 atom stereocenters. The predicted octanol–water partition coefficient (Wildman–Crippen LogP) is 5.54. The molecule has 2 aliphatic rings. The maximum absolute atomic E-state index is 12.5. The van der Waals surface area contributed by atoms with Crippen LogP contribution in [-0.4, -0.2) is 61.2 Å². The van der Waals surface area contributed by atoms with Crippen molar-refractivity contribution in [2.75, 3.05) is 56.4 Å². The molecule has 1 aromatic heterocycles. The van der Waals surface area contributed by atoms with Gasteiger partial charge in [-0.1, -0.05) is 30.9 Å². The lowest BCUT2D eigenvalue weighted by molar-refractivity contribution is -0.119. The summed E-state index contributed by atoms with van der Waals surface area (Å²) >= 11 is 0. The average Bonchev–Trinajstić information content (AvgIpc) is 3.23. The second-order valence-electron chi connectivity index (χ2n) is 11.2. The predicted molar refractivity (Wildman–Crippen MR) is 164 cm³/mol. The van der Waals surface area contributed by atoms with Crippen LogP contribution in [0.3, 0.4) is 0 Å². The highest BCUT2D eigenvalue weighted by Crippen LogP contribution is 2.40. The summed E-state index contributed by atoms with van der Waals surface area (Å²) in [6.45, 7) is 12.2. The van der Waals surface area contributed by atoms with E-state index < -0.39 is 5.41 Å². The van der Waals surface area contributed by atoms with Gasteiger partial charge in [-0.25, -0.2) is 4.98 Å². The maximum Gasteiger partial charge on any atom is 0.234 e. The van der Waals surface area contributed by atoms with Gasteiger partial charge in [0.05, 0.1) is 24.8 Å². The van der Waals surface area contributed by atoms with E-state index >= 15 is 0 Å². The Hall–Kier alpha value is -3.95. The number of carbonyl (C=O) groups excluding carboxylic acids is 1. The van der Waals surface area contributed by atoms with Crippen LogP contribution in [-0.2, 0) is 21.5 Å². The molecule has 0 radical (unpaired) electrons. The number of anilines is 4. The number of aromatic nitrogens is 2. The minimum Gasteiger partial charge on any atom is -0.495 e. The quantitative estimate of drug-likeness (QED) is 0.283. The third-order valence-corrected chi connectivity index (χ3v) is 8.14. The Balaban J connectivity index is 1.32. The fraction of sp³-hybridized carbons (Fsp3) is 0.406. The first-order valence-electron chi connectivity index (χ1n) is 14.2. The third-order valence-electron chi connectivity index (χ3n) is 8.14. The number of likely N-dealkylation sites (tertiary alicyclic amines) is 1. The number of ether oxygens (including phenoxy) is 2. The molecule has 9 nitrogen and oxygen atoms in total. The van der Waals surface area contributed by atoms with Crippen LogP contribution in [0.4, 0.5) is 23.1 Å². The highest BCUT2D eigenvalue weighted by atomic mass is 16.5. The smallest absolute Gasteiger partial charge is 0.234 e. The molecule has 0 aliphatic carbocycles. The molecule has 2 aliphatic heterocycles. The molecular weight excluding hydrogens is 516 g/mol. The number of methoxy groups -OCH3 is 2. The SMILES string of the molecule is C=Cc1cnc(Nc2ccc(C3CCCN(CCOC)C3)cc2OC)nc1NCc1cccc2c1C(C)(C)C(=O)N2. The van der Waals surface area contributed by atoms with E-state index in [2.05, 4.69) is 44.5 Å². The second kappa shape index (κ2) is 12.3. The van der Waals surface area contributed by atoms with Crippen molar-refractivity contribution in [1.82, 2.24) is 14.9 Å². The van der Waals surface area contributed by atoms with Crippen molar-refractivity contribution in [3.63, 3.8) is 0 Å². The Morgan fingerprint density at radius 3 is 2.88 bits per heavy atom. The van der Waals surface area contributed by atoms with E-state index in [0.717, 1.165) is 66.5 Å². The Morgan fingerprint density at radius 2 is 2.10 bits per heavy atom. The lowest BCUT2D eigenvalue weighted by Gasteiger charge is -2.33. The van der Waals surface area contributed by atoms with Crippen LogP contribution in [0.25, 0.3) is 6.08 Å². The first-order valence-corrected chi connectivity index (χ1v) is 14.2. The first kappa shape index (κ1) is 28.6. The number of nitrogens with one attached hydrogen (secondary N) is 3. The molecule has 216 valence electrons. The van der Waals surface area contributed by atoms with Crippen molar-refractivity contribution in [2.24, 2.45) is 0 Å². The van der Waals surface area contributed by atoms with Gasteiger partial charge in [0.15, 0.2) is 0 Å². The number of benzene rings is 2.